The summed E-state index contributed by atoms with van der Waals surface area (Å²) < 4.78 is 0. The monoisotopic (exact) mass is 215 g/mol. The van der Waals surface area contributed by atoms with Crippen LogP contribution < -0.4 is 5.73 Å². The second-order valence-corrected chi connectivity index (χ2v) is 4.54. The summed E-state index contributed by atoms with van der Waals surface area (Å²) in [5.41, 5.74) is 7.04. The summed E-state index contributed by atoms with van der Waals surface area (Å²) in [6.45, 7) is 0. The summed E-state index contributed by atoms with van der Waals surface area (Å²) in [6.07, 6.45) is 3.26. The van der Waals surface area contributed by atoms with Crippen LogP contribution >= 0.6 is 23.2 Å². The maximum absolute atomic E-state index is 6.14. The third-order valence-corrected chi connectivity index (χ3v) is 3.12. The molecule has 0 saturated heterocycles. The molecule has 13 heavy (non-hydrogen) atoms. The van der Waals surface area contributed by atoms with Gasteiger partial charge < -0.3 is 5.73 Å². The van der Waals surface area contributed by atoms with Gasteiger partial charge in [0.25, 0.3) is 0 Å². The first kappa shape index (κ1) is 9.32. The molecule has 70 valence electrons. The van der Waals surface area contributed by atoms with Gasteiger partial charge >= 0.3 is 0 Å². The highest BCUT2D eigenvalue weighted by molar-refractivity contribution is 6.34. The average Bonchev–Trinajstić information content (AvgIpc) is 1.98. The van der Waals surface area contributed by atoms with E-state index in [1.807, 2.05) is 12.1 Å². The highest BCUT2D eigenvalue weighted by atomic mass is 35.5. The summed E-state index contributed by atoms with van der Waals surface area (Å²) in [6, 6.07) is 5.55. The molecule has 0 aliphatic heterocycles. The minimum absolute atomic E-state index is 0.172. The largest absolute Gasteiger partial charge is 0.321 e. The van der Waals surface area contributed by atoms with Gasteiger partial charge in [0.15, 0.2) is 0 Å². The second kappa shape index (κ2) is 3.16. The van der Waals surface area contributed by atoms with Crippen LogP contribution in [0.25, 0.3) is 0 Å². The van der Waals surface area contributed by atoms with Crippen LogP contribution in [0.5, 0.6) is 0 Å². The molecular weight excluding hydrogens is 205 g/mol. The van der Waals surface area contributed by atoms with Crippen LogP contribution in [0.4, 0.5) is 0 Å². The molecular formula is C10H11Cl2N. The smallest absolute Gasteiger partial charge is 0.0424 e. The van der Waals surface area contributed by atoms with Gasteiger partial charge in [-0.2, -0.15) is 0 Å². The number of hydrogen-bond donors (Lipinski definition) is 1. The Morgan fingerprint density at radius 1 is 1.08 bits per heavy atom. The predicted molar refractivity (Wildman–Crippen MR) is 56.2 cm³/mol. The molecule has 1 aliphatic rings. The van der Waals surface area contributed by atoms with E-state index < -0.39 is 0 Å². The van der Waals surface area contributed by atoms with Crippen molar-refractivity contribution >= 4 is 23.2 Å². The fourth-order valence-corrected chi connectivity index (χ4v) is 2.21. The topological polar surface area (TPSA) is 26.0 Å². The van der Waals surface area contributed by atoms with Crippen LogP contribution in [0.3, 0.4) is 0 Å². The molecule has 0 bridgehead atoms. The van der Waals surface area contributed by atoms with Crippen molar-refractivity contribution in [1.29, 1.82) is 0 Å². The number of rotatable bonds is 1. The van der Waals surface area contributed by atoms with Gasteiger partial charge in [0, 0.05) is 15.6 Å². The summed E-state index contributed by atoms with van der Waals surface area (Å²) in [4.78, 5) is 0. The summed E-state index contributed by atoms with van der Waals surface area (Å²) in [7, 11) is 0. The van der Waals surface area contributed by atoms with E-state index >= 15 is 0 Å². The Labute approximate surface area is 87.8 Å². The van der Waals surface area contributed by atoms with Gasteiger partial charge in [-0.15, -0.1) is 0 Å². The van der Waals surface area contributed by atoms with Crippen molar-refractivity contribution in [1.82, 2.24) is 0 Å². The Morgan fingerprint density at radius 2 is 1.62 bits per heavy atom. The molecule has 1 nitrogen and oxygen atoms in total. The van der Waals surface area contributed by atoms with Crippen molar-refractivity contribution in [3.8, 4) is 0 Å². The molecule has 1 fully saturated rings. The third kappa shape index (κ3) is 1.69. The number of nitrogens with two attached hydrogens (primary N) is 1. The first-order chi connectivity index (χ1) is 6.10. The molecule has 0 aromatic heterocycles. The fraction of sp³-hybridized carbons (Fsp3) is 0.400. The van der Waals surface area contributed by atoms with E-state index in [4.69, 9.17) is 28.9 Å². The molecule has 2 N–H and O–H groups in total. The average molecular weight is 216 g/mol. The molecule has 0 amide bonds. The number of benzene rings is 1. The predicted octanol–water partition coefficient (Wildman–Crippen LogP) is 3.33. The van der Waals surface area contributed by atoms with E-state index in [9.17, 15) is 0 Å². The van der Waals surface area contributed by atoms with Crippen molar-refractivity contribution in [3.05, 3.63) is 33.8 Å². The van der Waals surface area contributed by atoms with Crippen LogP contribution in [0.1, 0.15) is 24.8 Å². The summed E-state index contributed by atoms with van der Waals surface area (Å²) in [5.74, 6) is 0. The van der Waals surface area contributed by atoms with Crippen LogP contribution in [-0.4, -0.2) is 0 Å². The van der Waals surface area contributed by atoms with Gasteiger partial charge in [-0.3, -0.25) is 0 Å². The maximum Gasteiger partial charge on any atom is 0.0424 e. The molecule has 1 aromatic rings. The van der Waals surface area contributed by atoms with E-state index in [2.05, 4.69) is 0 Å². The zero-order valence-corrected chi connectivity index (χ0v) is 8.70. The van der Waals surface area contributed by atoms with Gasteiger partial charge in [-0.05, 0) is 43.0 Å². The zero-order chi connectivity index (χ0) is 9.47. The fourth-order valence-electron chi connectivity index (χ4n) is 1.69. The van der Waals surface area contributed by atoms with Crippen molar-refractivity contribution in [2.75, 3.05) is 0 Å². The summed E-state index contributed by atoms with van der Waals surface area (Å²) in [5, 5.41) is 1.33. The molecule has 0 spiro atoms. The lowest BCUT2D eigenvalue weighted by molar-refractivity contribution is 0.253. The minimum atomic E-state index is -0.172. The van der Waals surface area contributed by atoms with Gasteiger partial charge in [0.1, 0.15) is 0 Å². The van der Waals surface area contributed by atoms with E-state index in [0.717, 1.165) is 18.4 Å². The minimum Gasteiger partial charge on any atom is -0.321 e. The lowest BCUT2D eigenvalue weighted by atomic mass is 9.73. The molecule has 1 aromatic carbocycles. The zero-order valence-electron chi connectivity index (χ0n) is 7.19. The van der Waals surface area contributed by atoms with Gasteiger partial charge in [-0.1, -0.05) is 23.2 Å². The Balaban J connectivity index is 2.39. The number of halogens is 2. The lowest BCUT2D eigenvalue weighted by Crippen LogP contribution is -2.43. The SMILES string of the molecule is NC1(c2cc(Cl)cc(Cl)c2)CCC1. The molecule has 1 saturated carbocycles. The highest BCUT2D eigenvalue weighted by Crippen LogP contribution is 2.40. The molecule has 0 radical (unpaired) electrons. The van der Waals surface area contributed by atoms with E-state index in [1.165, 1.54) is 6.42 Å². The molecule has 3 heteroatoms. The lowest BCUT2D eigenvalue weighted by Gasteiger charge is -2.38. The van der Waals surface area contributed by atoms with Gasteiger partial charge in [0.2, 0.25) is 0 Å². The van der Waals surface area contributed by atoms with Crippen molar-refractivity contribution < 1.29 is 0 Å². The van der Waals surface area contributed by atoms with Crippen molar-refractivity contribution in [2.24, 2.45) is 5.73 Å². The highest BCUT2D eigenvalue weighted by Gasteiger charge is 2.34. The second-order valence-electron chi connectivity index (χ2n) is 3.67. The molecule has 2 rings (SSSR count). The number of hydrogen-bond acceptors (Lipinski definition) is 1. The molecule has 0 atom stereocenters. The Morgan fingerprint density at radius 3 is 2.00 bits per heavy atom. The van der Waals surface area contributed by atoms with Crippen LogP contribution in [0.15, 0.2) is 18.2 Å². The molecule has 0 heterocycles. The van der Waals surface area contributed by atoms with Gasteiger partial charge in [0.05, 0.1) is 0 Å². The Kier molecular flexibility index (Phi) is 2.26. The standard InChI is InChI=1S/C10H11Cl2N/c11-8-4-7(5-9(12)6-8)10(13)2-1-3-10/h4-6H,1-3,13H2. The van der Waals surface area contributed by atoms with E-state index in [-0.39, 0.29) is 5.54 Å². The molecule has 1 aliphatic carbocycles. The Hall–Kier alpha value is -0.240. The van der Waals surface area contributed by atoms with Crippen LogP contribution in [0.2, 0.25) is 10.0 Å². The third-order valence-electron chi connectivity index (χ3n) is 2.68. The van der Waals surface area contributed by atoms with E-state index in [1.54, 1.807) is 6.07 Å². The molecule has 0 unspecified atom stereocenters. The summed E-state index contributed by atoms with van der Waals surface area (Å²) >= 11 is 11.8. The van der Waals surface area contributed by atoms with Crippen molar-refractivity contribution in [3.63, 3.8) is 0 Å². The first-order valence-electron chi connectivity index (χ1n) is 4.36. The van der Waals surface area contributed by atoms with Crippen molar-refractivity contribution in [2.45, 2.75) is 24.8 Å². The van der Waals surface area contributed by atoms with E-state index in [0.29, 0.717) is 10.0 Å². The van der Waals surface area contributed by atoms with Crippen LogP contribution in [-0.2, 0) is 5.54 Å². The quantitative estimate of drug-likeness (QED) is 0.765. The Bertz CT molecular complexity index is 311. The maximum atomic E-state index is 6.14. The normalized spacial score (nSPS) is 19.6. The first-order valence-corrected chi connectivity index (χ1v) is 5.11. The van der Waals surface area contributed by atoms with Gasteiger partial charge in [-0.25, -0.2) is 0 Å². The van der Waals surface area contributed by atoms with Crippen LogP contribution in [0, 0.1) is 0 Å².